The van der Waals surface area contributed by atoms with Crippen LogP contribution < -0.4 is 5.48 Å². The molecular weight excluding hydrogens is 394 g/mol. The van der Waals surface area contributed by atoms with E-state index in [0.717, 1.165) is 5.56 Å². The van der Waals surface area contributed by atoms with Gasteiger partial charge in [0.15, 0.2) is 9.63 Å². The number of benzene rings is 1. The van der Waals surface area contributed by atoms with Gasteiger partial charge in [0.1, 0.15) is 0 Å². The van der Waals surface area contributed by atoms with Crippen molar-refractivity contribution in [2.24, 2.45) is 10.4 Å². The van der Waals surface area contributed by atoms with Gasteiger partial charge in [0.2, 0.25) is 0 Å². The van der Waals surface area contributed by atoms with Crippen molar-refractivity contribution >= 4 is 58.2 Å². The van der Waals surface area contributed by atoms with Gasteiger partial charge in [-0.25, -0.2) is 10.3 Å². The first-order valence-corrected chi connectivity index (χ1v) is 8.81. The van der Waals surface area contributed by atoms with Crippen LogP contribution in [-0.4, -0.2) is 28.0 Å². The average molecular weight is 414 g/mol. The van der Waals surface area contributed by atoms with Crippen LogP contribution in [0.2, 0.25) is 0 Å². The van der Waals surface area contributed by atoms with E-state index in [1.807, 2.05) is 44.2 Å². The predicted molar refractivity (Wildman–Crippen MR) is 101 cm³/mol. The summed E-state index contributed by atoms with van der Waals surface area (Å²) >= 11 is 23.6. The number of aliphatic imine (C=N–C) groups is 1. The zero-order valence-corrected chi connectivity index (χ0v) is 16.7. The molecule has 0 heterocycles. The van der Waals surface area contributed by atoms with Crippen LogP contribution in [0, 0.1) is 5.41 Å². The second kappa shape index (κ2) is 9.14. The molecule has 1 aromatic carbocycles. The molecular formula is C16H20Cl4N2O2. The first-order valence-electron chi connectivity index (χ1n) is 7.24. The van der Waals surface area contributed by atoms with Gasteiger partial charge in [0.05, 0.1) is 6.42 Å². The highest BCUT2D eigenvalue weighted by Crippen LogP contribution is 2.40. The van der Waals surface area contributed by atoms with Crippen molar-refractivity contribution in [2.45, 2.75) is 35.9 Å². The summed E-state index contributed by atoms with van der Waals surface area (Å²) in [7, 11) is 1.60. The highest BCUT2D eigenvalue weighted by Gasteiger charge is 2.36. The smallest absolute Gasteiger partial charge is 0.332 e. The number of rotatable bonds is 5. The van der Waals surface area contributed by atoms with Crippen molar-refractivity contribution in [1.82, 2.24) is 5.48 Å². The molecule has 0 spiro atoms. The maximum Gasteiger partial charge on any atom is 0.332 e. The summed E-state index contributed by atoms with van der Waals surface area (Å²) in [5.41, 5.74) is 2.77. The van der Waals surface area contributed by atoms with Crippen LogP contribution in [-0.2, 0) is 9.63 Å². The van der Waals surface area contributed by atoms with E-state index in [-0.39, 0.29) is 12.8 Å². The molecule has 0 bridgehead atoms. The second-order valence-corrected chi connectivity index (χ2v) is 9.01. The first kappa shape index (κ1) is 21.4. The van der Waals surface area contributed by atoms with Gasteiger partial charge >= 0.3 is 5.97 Å². The van der Waals surface area contributed by atoms with Gasteiger partial charge in [-0.3, -0.25) is 4.99 Å². The van der Waals surface area contributed by atoms with Crippen molar-refractivity contribution in [1.29, 1.82) is 0 Å². The van der Waals surface area contributed by atoms with E-state index in [0.29, 0.717) is 5.84 Å². The number of nitrogens with one attached hydrogen (secondary N) is 1. The normalized spacial score (nSPS) is 14.2. The minimum atomic E-state index is -1.47. The van der Waals surface area contributed by atoms with Crippen molar-refractivity contribution < 1.29 is 9.63 Å². The molecule has 0 radical (unpaired) electrons. The van der Waals surface area contributed by atoms with Crippen LogP contribution in [0.25, 0.3) is 0 Å². The van der Waals surface area contributed by atoms with Crippen LogP contribution in [0.3, 0.4) is 0 Å². The van der Waals surface area contributed by atoms with Crippen LogP contribution in [0.5, 0.6) is 0 Å². The van der Waals surface area contributed by atoms with Gasteiger partial charge < -0.3 is 4.84 Å². The number of carbonyl (C=O) groups excluding carboxylic acids is 1. The molecule has 0 aromatic heterocycles. The number of alkyl halides is 4. The maximum absolute atomic E-state index is 12.1. The summed E-state index contributed by atoms with van der Waals surface area (Å²) in [5.74, 6) is -0.0301. The number of nitrogens with zero attached hydrogens (tertiary/aromatic N) is 1. The Morgan fingerprint density at radius 1 is 1.25 bits per heavy atom. The van der Waals surface area contributed by atoms with E-state index < -0.39 is 20.6 Å². The lowest BCUT2D eigenvalue weighted by Gasteiger charge is -2.30. The third kappa shape index (κ3) is 7.47. The molecule has 1 rings (SSSR count). The van der Waals surface area contributed by atoms with E-state index in [9.17, 15) is 4.79 Å². The Labute approximate surface area is 162 Å². The number of hydrogen-bond acceptors (Lipinski definition) is 3. The lowest BCUT2D eigenvalue weighted by atomic mass is 9.84. The Morgan fingerprint density at radius 3 is 2.33 bits per heavy atom. The number of hydroxylamine groups is 1. The van der Waals surface area contributed by atoms with E-state index >= 15 is 0 Å². The largest absolute Gasteiger partial charge is 0.342 e. The summed E-state index contributed by atoms with van der Waals surface area (Å²) in [6.07, 6.45) is 0.180. The summed E-state index contributed by atoms with van der Waals surface area (Å²) in [4.78, 5) is 21.2. The first-order chi connectivity index (χ1) is 11.0. The predicted octanol–water partition coefficient (Wildman–Crippen LogP) is 4.89. The van der Waals surface area contributed by atoms with Crippen molar-refractivity contribution in [3.8, 4) is 0 Å². The number of amidine groups is 1. The lowest BCUT2D eigenvalue weighted by molar-refractivity contribution is -0.150. The van der Waals surface area contributed by atoms with Crippen molar-refractivity contribution in [2.75, 3.05) is 7.05 Å². The van der Waals surface area contributed by atoms with Crippen LogP contribution >= 0.6 is 46.4 Å². The summed E-state index contributed by atoms with van der Waals surface area (Å²) in [5, 5.41) is -0.508. The van der Waals surface area contributed by atoms with Gasteiger partial charge in [-0.05, 0) is 5.41 Å². The van der Waals surface area contributed by atoms with Crippen LogP contribution in [0.4, 0.5) is 0 Å². The monoisotopic (exact) mass is 412 g/mol. The summed E-state index contributed by atoms with van der Waals surface area (Å²) in [6.45, 7) is 3.63. The molecule has 24 heavy (non-hydrogen) atoms. The third-order valence-electron chi connectivity index (χ3n) is 3.39. The fourth-order valence-corrected chi connectivity index (χ4v) is 2.94. The Kier molecular flexibility index (Phi) is 8.13. The number of halogens is 4. The maximum atomic E-state index is 12.1. The van der Waals surface area contributed by atoms with Gasteiger partial charge in [0.25, 0.3) is 0 Å². The van der Waals surface area contributed by atoms with Gasteiger partial charge in [-0.15, -0.1) is 11.6 Å². The van der Waals surface area contributed by atoms with Crippen molar-refractivity contribution in [3.63, 3.8) is 0 Å². The fraction of sp³-hybridized carbons (Fsp3) is 0.500. The Morgan fingerprint density at radius 2 is 1.83 bits per heavy atom. The minimum absolute atomic E-state index is 0.0562. The molecule has 0 aliphatic rings. The fourth-order valence-electron chi connectivity index (χ4n) is 1.93. The SMILES string of the molecule is CN=C(NOC(=O)CC(C)(C)C(Cl)CC(Cl)(Cl)Cl)c1ccccc1. The molecule has 0 aliphatic heterocycles. The molecule has 0 saturated heterocycles. The number of carbonyl (C=O) groups is 1. The highest BCUT2D eigenvalue weighted by molar-refractivity contribution is 6.67. The van der Waals surface area contributed by atoms with E-state index in [4.69, 9.17) is 51.2 Å². The molecule has 1 unspecified atom stereocenters. The lowest BCUT2D eigenvalue weighted by Crippen LogP contribution is -2.34. The van der Waals surface area contributed by atoms with Gasteiger partial charge in [-0.1, -0.05) is 79.0 Å². The van der Waals surface area contributed by atoms with Crippen LogP contribution in [0.1, 0.15) is 32.3 Å². The molecule has 0 amide bonds. The third-order valence-corrected chi connectivity index (χ3v) is 4.60. The molecule has 0 fully saturated rings. The standard InChI is InChI=1S/C16H20Cl4N2O2/c1-15(2,12(17)9-16(18,19)20)10-13(23)24-22-14(21-3)11-7-5-4-6-8-11/h4-8,12H,9-10H2,1-3H3,(H,21,22). The zero-order valence-electron chi connectivity index (χ0n) is 13.7. The van der Waals surface area contributed by atoms with E-state index in [1.165, 1.54) is 0 Å². The number of hydrogen-bond donors (Lipinski definition) is 1. The molecule has 0 saturated carbocycles. The van der Waals surface area contributed by atoms with E-state index in [1.54, 1.807) is 7.05 Å². The Bertz CT molecular complexity index is 571. The molecule has 134 valence electrons. The Hall–Kier alpha value is -0.680. The van der Waals surface area contributed by atoms with E-state index in [2.05, 4.69) is 10.5 Å². The molecule has 0 aliphatic carbocycles. The van der Waals surface area contributed by atoms with Crippen LogP contribution in [0.15, 0.2) is 35.3 Å². The van der Waals surface area contributed by atoms with Gasteiger partial charge in [-0.2, -0.15) is 0 Å². The average Bonchev–Trinajstić information content (AvgIpc) is 2.46. The Balaban J connectivity index is 2.59. The second-order valence-electron chi connectivity index (χ2n) is 5.97. The minimum Gasteiger partial charge on any atom is -0.342 e. The molecule has 1 aromatic rings. The molecule has 8 heteroatoms. The van der Waals surface area contributed by atoms with Gasteiger partial charge in [0, 0.05) is 24.4 Å². The zero-order chi connectivity index (χ0) is 18.4. The molecule has 4 nitrogen and oxygen atoms in total. The summed E-state index contributed by atoms with van der Waals surface area (Å²) in [6, 6.07) is 9.31. The highest BCUT2D eigenvalue weighted by atomic mass is 35.6. The molecule has 1 N–H and O–H groups in total. The topological polar surface area (TPSA) is 50.7 Å². The quantitative estimate of drug-likeness (QED) is 0.323. The van der Waals surface area contributed by atoms with Crippen molar-refractivity contribution in [3.05, 3.63) is 35.9 Å². The molecule has 1 atom stereocenters. The summed E-state index contributed by atoms with van der Waals surface area (Å²) < 4.78 is -1.47.